The number of β-amino-alcohol motifs (C(OH)–C–C–N with tert-alkyl or cyclic N) is 1. The van der Waals surface area contributed by atoms with E-state index in [9.17, 15) is 9.90 Å². The molecule has 8 nitrogen and oxygen atoms in total. The molecule has 1 aromatic carbocycles. The number of aliphatic hydroxyl groups excluding tert-OH is 1. The monoisotopic (exact) mass is 408 g/mol. The minimum Gasteiger partial charge on any atom is -0.493 e. The van der Waals surface area contributed by atoms with Gasteiger partial charge in [0.25, 0.3) is 0 Å². The lowest BCUT2D eigenvalue weighted by Gasteiger charge is -2.20. The molecule has 3 aliphatic rings. The van der Waals surface area contributed by atoms with E-state index in [1.54, 1.807) is 0 Å². The number of ether oxygens (including phenoxy) is 2. The summed E-state index contributed by atoms with van der Waals surface area (Å²) < 4.78 is 11.5. The van der Waals surface area contributed by atoms with Gasteiger partial charge < -0.3 is 24.8 Å². The summed E-state index contributed by atoms with van der Waals surface area (Å²) in [6, 6.07) is 3.92. The van der Waals surface area contributed by atoms with Crippen LogP contribution in [-0.2, 0) is 4.74 Å². The van der Waals surface area contributed by atoms with Crippen LogP contribution in [0.1, 0.15) is 24.1 Å². The van der Waals surface area contributed by atoms with Crippen molar-refractivity contribution in [3.8, 4) is 5.75 Å². The molecule has 0 unspecified atom stereocenters. The summed E-state index contributed by atoms with van der Waals surface area (Å²) >= 11 is 0. The number of rotatable bonds is 1. The van der Waals surface area contributed by atoms with Crippen molar-refractivity contribution in [3.05, 3.63) is 46.8 Å². The lowest BCUT2D eigenvalue weighted by Crippen LogP contribution is -2.27. The van der Waals surface area contributed by atoms with Gasteiger partial charge in [-0.3, -0.25) is 5.10 Å². The second-order valence-electron chi connectivity index (χ2n) is 7.72. The van der Waals surface area contributed by atoms with Crippen molar-refractivity contribution in [2.75, 3.05) is 32.8 Å². The summed E-state index contributed by atoms with van der Waals surface area (Å²) in [4.78, 5) is 14.2. The lowest BCUT2D eigenvalue weighted by molar-refractivity contribution is 0.155. The Labute approximate surface area is 173 Å². The summed E-state index contributed by atoms with van der Waals surface area (Å²) in [6.07, 6.45) is 8.62. The van der Waals surface area contributed by atoms with Gasteiger partial charge in [0.05, 0.1) is 23.9 Å². The highest BCUT2D eigenvalue weighted by Crippen LogP contribution is 2.34. The van der Waals surface area contributed by atoms with Gasteiger partial charge in [0.2, 0.25) is 0 Å². The first-order chi connectivity index (χ1) is 14.7. The topological polar surface area (TPSA) is 99.7 Å². The predicted octanol–water partition coefficient (Wildman–Crippen LogP) is 2.43. The highest BCUT2D eigenvalue weighted by Gasteiger charge is 2.23. The largest absolute Gasteiger partial charge is 0.493 e. The number of likely N-dealkylation sites (tertiary alicyclic amines) is 1. The number of allylic oxidation sites excluding steroid dienone is 1. The number of benzene rings is 1. The van der Waals surface area contributed by atoms with E-state index in [2.05, 4.69) is 20.4 Å². The first-order valence-corrected chi connectivity index (χ1v) is 10.3. The third-order valence-corrected chi connectivity index (χ3v) is 5.58. The van der Waals surface area contributed by atoms with Crippen molar-refractivity contribution >= 4 is 29.1 Å². The highest BCUT2D eigenvalue weighted by molar-refractivity contribution is 5.97. The number of aliphatic hydroxyl groups is 1. The Bertz CT molecular complexity index is 1070. The number of nitrogens with one attached hydrogen (secondary N) is 2. The molecule has 3 heterocycles. The van der Waals surface area contributed by atoms with Crippen LogP contribution in [-0.4, -0.2) is 65.2 Å². The highest BCUT2D eigenvalue weighted by atomic mass is 16.5. The van der Waals surface area contributed by atoms with Gasteiger partial charge in [-0.2, -0.15) is 5.10 Å². The SMILES string of the molecule is O=C1NCCCOc2ccc3[nH]nc4c3c2C=C(C=C(N2CC[C@H](O)C2)C=C4)CO1. The second kappa shape index (κ2) is 7.87. The fourth-order valence-electron chi connectivity index (χ4n) is 4.07. The molecule has 8 heteroatoms. The average molecular weight is 408 g/mol. The number of H-pyrrole nitrogens is 1. The Kier molecular flexibility index (Phi) is 4.92. The van der Waals surface area contributed by atoms with E-state index in [1.807, 2.05) is 36.4 Å². The summed E-state index contributed by atoms with van der Waals surface area (Å²) in [5.41, 5.74) is 4.43. The minimum absolute atomic E-state index is 0.128. The standard InChI is InChI=1S/C22H24N4O4/c27-16-6-8-26(12-16)15-2-3-18-21-17-11-14(10-15)13-30-22(28)23-7-1-9-29-20(17)5-4-19(21)25-24-18/h2-5,10-11,16,27H,1,6-9,12-13H2,(H,23,28)(H,24,25)/t16-/m0/s1. The summed E-state index contributed by atoms with van der Waals surface area (Å²) in [6.45, 7) is 2.44. The van der Waals surface area contributed by atoms with Crippen molar-refractivity contribution in [1.82, 2.24) is 20.4 Å². The van der Waals surface area contributed by atoms with Crippen molar-refractivity contribution in [3.63, 3.8) is 0 Å². The van der Waals surface area contributed by atoms with Crippen molar-refractivity contribution in [2.45, 2.75) is 18.9 Å². The van der Waals surface area contributed by atoms with Gasteiger partial charge in [-0.25, -0.2) is 4.79 Å². The molecule has 3 N–H and O–H groups in total. The molecule has 0 spiro atoms. The first kappa shape index (κ1) is 18.7. The van der Waals surface area contributed by atoms with Gasteiger partial charge in [0, 0.05) is 36.3 Å². The number of carbonyl (C=O) groups is 1. The average Bonchev–Trinajstić information content (AvgIpc) is 3.36. The van der Waals surface area contributed by atoms with Crippen molar-refractivity contribution in [1.29, 1.82) is 0 Å². The van der Waals surface area contributed by atoms with Crippen LogP contribution in [0.25, 0.3) is 23.1 Å². The number of aromatic amines is 1. The van der Waals surface area contributed by atoms with Crippen LogP contribution in [0.5, 0.6) is 5.75 Å². The van der Waals surface area contributed by atoms with Gasteiger partial charge in [-0.1, -0.05) is 0 Å². The van der Waals surface area contributed by atoms with Gasteiger partial charge in [-0.15, -0.1) is 0 Å². The van der Waals surface area contributed by atoms with Crippen LogP contribution < -0.4 is 10.1 Å². The summed E-state index contributed by atoms with van der Waals surface area (Å²) in [5, 5.41) is 21.3. The summed E-state index contributed by atoms with van der Waals surface area (Å²) in [5.74, 6) is 0.774. The maximum absolute atomic E-state index is 12.0. The summed E-state index contributed by atoms with van der Waals surface area (Å²) in [7, 11) is 0. The van der Waals surface area contributed by atoms with E-state index >= 15 is 0 Å². The zero-order valence-corrected chi connectivity index (χ0v) is 16.6. The predicted molar refractivity (Wildman–Crippen MR) is 113 cm³/mol. The fraction of sp³-hybridized carbons (Fsp3) is 0.364. The molecular formula is C22H24N4O4. The molecule has 1 saturated heterocycles. The zero-order chi connectivity index (χ0) is 20.5. The zero-order valence-electron chi connectivity index (χ0n) is 16.6. The maximum atomic E-state index is 12.0. The Balaban J connectivity index is 1.66. The molecule has 156 valence electrons. The van der Waals surface area contributed by atoms with Gasteiger partial charge in [-0.05, 0) is 54.9 Å². The molecule has 1 fully saturated rings. The quantitative estimate of drug-likeness (QED) is 0.670. The molecule has 1 aliphatic carbocycles. The molecule has 2 aliphatic heterocycles. The number of aromatic nitrogens is 2. The Morgan fingerprint density at radius 1 is 1.20 bits per heavy atom. The van der Waals surface area contributed by atoms with Crippen LogP contribution in [0.15, 0.2) is 35.6 Å². The Hall–Kier alpha value is -3.26. The Morgan fingerprint density at radius 3 is 3.00 bits per heavy atom. The van der Waals surface area contributed by atoms with E-state index in [1.165, 1.54) is 0 Å². The lowest BCUT2D eigenvalue weighted by atomic mass is 10.0. The molecule has 0 radical (unpaired) electrons. The number of nitrogens with zero attached hydrogens (tertiary/aromatic N) is 2. The van der Waals surface area contributed by atoms with E-state index in [4.69, 9.17) is 9.47 Å². The molecule has 1 aromatic heterocycles. The third-order valence-electron chi connectivity index (χ3n) is 5.58. The fourth-order valence-corrected chi connectivity index (χ4v) is 4.07. The van der Waals surface area contributed by atoms with Gasteiger partial charge >= 0.3 is 6.09 Å². The molecule has 1 amide bonds. The van der Waals surface area contributed by atoms with Crippen LogP contribution in [0.4, 0.5) is 4.79 Å². The normalized spacial score (nSPS) is 22.0. The number of hydrogen-bond donors (Lipinski definition) is 3. The van der Waals surface area contributed by atoms with E-state index < -0.39 is 6.09 Å². The maximum Gasteiger partial charge on any atom is 0.407 e. The van der Waals surface area contributed by atoms with Crippen molar-refractivity contribution in [2.24, 2.45) is 0 Å². The minimum atomic E-state index is -0.444. The number of carbonyl (C=O) groups excluding carboxylic acids is 1. The van der Waals surface area contributed by atoms with Crippen LogP contribution in [0.3, 0.4) is 0 Å². The molecule has 2 aromatic rings. The molecule has 1 atom stereocenters. The van der Waals surface area contributed by atoms with Gasteiger partial charge in [0.1, 0.15) is 12.4 Å². The second-order valence-corrected chi connectivity index (χ2v) is 7.72. The number of hydrogen-bond acceptors (Lipinski definition) is 6. The van der Waals surface area contributed by atoms with Crippen molar-refractivity contribution < 1.29 is 19.4 Å². The van der Waals surface area contributed by atoms with E-state index in [0.717, 1.165) is 52.1 Å². The molecule has 30 heavy (non-hydrogen) atoms. The third kappa shape index (κ3) is 3.66. The van der Waals surface area contributed by atoms with Gasteiger partial charge in [0.15, 0.2) is 0 Å². The van der Waals surface area contributed by atoms with E-state index in [0.29, 0.717) is 26.1 Å². The molecule has 0 saturated carbocycles. The molecule has 2 bridgehead atoms. The van der Waals surface area contributed by atoms with Crippen LogP contribution in [0.2, 0.25) is 0 Å². The van der Waals surface area contributed by atoms with Crippen LogP contribution in [0, 0.1) is 0 Å². The number of cyclic esters (lactones) is 1. The van der Waals surface area contributed by atoms with Crippen LogP contribution >= 0.6 is 0 Å². The number of alkyl carbamates (subject to hydrolysis) is 1. The molecule has 5 rings (SSSR count). The van der Waals surface area contributed by atoms with E-state index in [-0.39, 0.29) is 12.7 Å². The molecular weight excluding hydrogens is 384 g/mol. The number of amides is 1. The Morgan fingerprint density at radius 2 is 2.13 bits per heavy atom. The smallest absolute Gasteiger partial charge is 0.407 e. The first-order valence-electron chi connectivity index (χ1n) is 10.3.